The van der Waals surface area contributed by atoms with E-state index in [9.17, 15) is 4.79 Å². The van der Waals surface area contributed by atoms with Crippen molar-refractivity contribution in [2.24, 2.45) is 5.73 Å². The number of nitrogens with zero attached hydrogens (tertiary/aromatic N) is 1. The molecule has 16 heavy (non-hydrogen) atoms. The SMILES string of the molecule is CON(OC)[C@@H](Cc1ccccc1)C(N)=O. The molecule has 0 saturated carbocycles. The predicted octanol–water partition coefficient (Wildman–Crippen LogP) is 0.508. The first-order valence-electron chi connectivity index (χ1n) is 4.89. The van der Waals surface area contributed by atoms with Gasteiger partial charge in [0.1, 0.15) is 6.04 Å². The van der Waals surface area contributed by atoms with Crippen LogP contribution in [0.5, 0.6) is 0 Å². The molecule has 0 unspecified atom stereocenters. The monoisotopic (exact) mass is 224 g/mol. The van der Waals surface area contributed by atoms with Gasteiger partial charge in [-0.25, -0.2) is 0 Å². The summed E-state index contributed by atoms with van der Waals surface area (Å²) in [4.78, 5) is 21.1. The Bertz CT molecular complexity index is 325. The predicted molar refractivity (Wildman–Crippen MR) is 59.0 cm³/mol. The third kappa shape index (κ3) is 3.30. The average Bonchev–Trinajstić information content (AvgIpc) is 2.30. The Hall–Kier alpha value is -1.43. The summed E-state index contributed by atoms with van der Waals surface area (Å²) in [6.45, 7) is 0. The molecule has 0 saturated heterocycles. The molecule has 1 aromatic rings. The van der Waals surface area contributed by atoms with Gasteiger partial charge in [0, 0.05) is 6.42 Å². The Kier molecular flexibility index (Phi) is 4.91. The number of benzene rings is 1. The lowest BCUT2D eigenvalue weighted by Gasteiger charge is -2.24. The van der Waals surface area contributed by atoms with Crippen molar-refractivity contribution in [3.8, 4) is 0 Å². The van der Waals surface area contributed by atoms with Gasteiger partial charge in [-0.15, -0.1) is 0 Å². The lowest BCUT2D eigenvalue weighted by atomic mass is 10.1. The van der Waals surface area contributed by atoms with Gasteiger partial charge in [-0.05, 0) is 5.56 Å². The van der Waals surface area contributed by atoms with E-state index in [0.29, 0.717) is 6.42 Å². The van der Waals surface area contributed by atoms with Crippen LogP contribution >= 0.6 is 0 Å². The molecule has 1 aromatic carbocycles. The van der Waals surface area contributed by atoms with E-state index in [0.717, 1.165) is 10.8 Å². The molecule has 0 aliphatic carbocycles. The van der Waals surface area contributed by atoms with Crippen LogP contribution in [0.2, 0.25) is 0 Å². The van der Waals surface area contributed by atoms with E-state index in [1.54, 1.807) is 0 Å². The molecular formula is C11H16N2O3. The van der Waals surface area contributed by atoms with Gasteiger partial charge in [0.15, 0.2) is 0 Å². The second kappa shape index (κ2) is 6.22. The fraction of sp³-hybridized carbons (Fsp3) is 0.364. The van der Waals surface area contributed by atoms with Crippen molar-refractivity contribution in [1.29, 1.82) is 0 Å². The highest BCUT2D eigenvalue weighted by Crippen LogP contribution is 2.09. The molecular weight excluding hydrogens is 208 g/mol. The van der Waals surface area contributed by atoms with Crippen LogP contribution in [0.3, 0.4) is 0 Å². The zero-order valence-corrected chi connectivity index (χ0v) is 9.42. The van der Waals surface area contributed by atoms with Crippen molar-refractivity contribution >= 4 is 5.91 Å². The zero-order valence-electron chi connectivity index (χ0n) is 9.42. The topological polar surface area (TPSA) is 64.8 Å². The Balaban J connectivity index is 2.76. The summed E-state index contributed by atoms with van der Waals surface area (Å²) in [6, 6.07) is 8.90. The zero-order chi connectivity index (χ0) is 12.0. The van der Waals surface area contributed by atoms with Gasteiger partial charge in [-0.1, -0.05) is 35.6 Å². The van der Waals surface area contributed by atoms with Crippen LogP contribution in [0.25, 0.3) is 0 Å². The van der Waals surface area contributed by atoms with E-state index in [1.807, 2.05) is 30.3 Å². The first-order chi connectivity index (χ1) is 7.69. The van der Waals surface area contributed by atoms with Crippen LogP contribution in [0.1, 0.15) is 5.56 Å². The van der Waals surface area contributed by atoms with Crippen molar-refractivity contribution in [2.45, 2.75) is 12.5 Å². The quantitative estimate of drug-likeness (QED) is 0.715. The van der Waals surface area contributed by atoms with Crippen LogP contribution in [0.4, 0.5) is 0 Å². The van der Waals surface area contributed by atoms with Crippen molar-refractivity contribution in [2.75, 3.05) is 14.2 Å². The van der Waals surface area contributed by atoms with Gasteiger partial charge >= 0.3 is 0 Å². The van der Waals surface area contributed by atoms with E-state index in [1.165, 1.54) is 14.2 Å². The van der Waals surface area contributed by atoms with E-state index in [4.69, 9.17) is 15.4 Å². The third-order valence-electron chi connectivity index (χ3n) is 2.21. The molecule has 0 aliphatic rings. The first kappa shape index (κ1) is 12.6. The Morgan fingerprint density at radius 3 is 2.31 bits per heavy atom. The highest BCUT2D eigenvalue weighted by Gasteiger charge is 2.24. The molecule has 0 aromatic heterocycles. The second-order valence-corrected chi connectivity index (χ2v) is 3.26. The normalized spacial score (nSPS) is 12.7. The standard InChI is InChI=1S/C11H16N2O3/c1-15-13(16-2)10(11(12)14)8-9-6-4-3-5-7-9/h3-7,10H,8H2,1-2H3,(H2,12,14)/t10-/m0/s1. The summed E-state index contributed by atoms with van der Waals surface area (Å²) in [5.74, 6) is -0.493. The minimum Gasteiger partial charge on any atom is -0.368 e. The van der Waals surface area contributed by atoms with Gasteiger partial charge in [0.25, 0.3) is 0 Å². The first-order valence-corrected chi connectivity index (χ1v) is 4.89. The van der Waals surface area contributed by atoms with Gasteiger partial charge < -0.3 is 5.73 Å². The van der Waals surface area contributed by atoms with Crippen LogP contribution in [-0.2, 0) is 20.9 Å². The van der Waals surface area contributed by atoms with Crippen molar-refractivity contribution in [1.82, 2.24) is 5.23 Å². The molecule has 1 amide bonds. The molecule has 5 heteroatoms. The minimum atomic E-state index is -0.641. The fourth-order valence-electron chi connectivity index (χ4n) is 1.45. The average molecular weight is 224 g/mol. The summed E-state index contributed by atoms with van der Waals surface area (Å²) in [6.07, 6.45) is 0.442. The number of carbonyl (C=O) groups excluding carboxylic acids is 1. The molecule has 1 rings (SSSR count). The molecule has 0 radical (unpaired) electrons. The minimum absolute atomic E-state index is 0.442. The summed E-state index contributed by atoms with van der Waals surface area (Å²) in [5, 5.41) is 1.09. The number of amides is 1. The van der Waals surface area contributed by atoms with Crippen LogP contribution in [-0.4, -0.2) is 31.4 Å². The molecule has 1 atom stereocenters. The lowest BCUT2D eigenvalue weighted by Crippen LogP contribution is -2.45. The fourth-order valence-corrected chi connectivity index (χ4v) is 1.45. The second-order valence-electron chi connectivity index (χ2n) is 3.26. The largest absolute Gasteiger partial charge is 0.368 e. The van der Waals surface area contributed by atoms with Crippen molar-refractivity contribution in [3.05, 3.63) is 35.9 Å². The number of rotatable bonds is 6. The van der Waals surface area contributed by atoms with E-state index >= 15 is 0 Å². The van der Waals surface area contributed by atoms with Crippen molar-refractivity contribution in [3.63, 3.8) is 0 Å². The molecule has 0 heterocycles. The Morgan fingerprint density at radius 2 is 1.88 bits per heavy atom. The Morgan fingerprint density at radius 1 is 1.31 bits per heavy atom. The summed E-state index contributed by atoms with van der Waals surface area (Å²) in [5.41, 5.74) is 6.29. The maximum atomic E-state index is 11.3. The number of primary amides is 1. The molecule has 0 aliphatic heterocycles. The van der Waals surface area contributed by atoms with Gasteiger partial charge in [-0.2, -0.15) is 0 Å². The number of hydrogen-bond acceptors (Lipinski definition) is 4. The number of nitrogens with two attached hydrogens (primary N) is 1. The molecule has 5 nitrogen and oxygen atoms in total. The van der Waals surface area contributed by atoms with Crippen LogP contribution in [0, 0.1) is 0 Å². The summed E-state index contributed by atoms with van der Waals surface area (Å²) in [7, 11) is 2.84. The molecule has 0 bridgehead atoms. The number of hydroxylamine groups is 2. The van der Waals surface area contributed by atoms with Gasteiger partial charge in [-0.3, -0.25) is 14.5 Å². The van der Waals surface area contributed by atoms with Crippen LogP contribution in [0.15, 0.2) is 30.3 Å². The molecule has 0 fully saturated rings. The van der Waals surface area contributed by atoms with Crippen LogP contribution < -0.4 is 5.73 Å². The van der Waals surface area contributed by atoms with E-state index in [2.05, 4.69) is 0 Å². The van der Waals surface area contributed by atoms with Gasteiger partial charge in [0.2, 0.25) is 5.91 Å². The maximum Gasteiger partial charge on any atom is 0.240 e. The van der Waals surface area contributed by atoms with E-state index < -0.39 is 11.9 Å². The maximum absolute atomic E-state index is 11.3. The number of carbonyl (C=O) groups is 1. The smallest absolute Gasteiger partial charge is 0.240 e. The van der Waals surface area contributed by atoms with E-state index in [-0.39, 0.29) is 0 Å². The molecule has 88 valence electrons. The highest BCUT2D eigenvalue weighted by molar-refractivity contribution is 5.79. The molecule has 0 spiro atoms. The summed E-state index contributed by atoms with van der Waals surface area (Å²) < 4.78 is 0. The lowest BCUT2D eigenvalue weighted by molar-refractivity contribution is -0.357. The number of hydrogen-bond donors (Lipinski definition) is 1. The summed E-state index contributed by atoms with van der Waals surface area (Å²) >= 11 is 0. The van der Waals surface area contributed by atoms with Crippen molar-refractivity contribution < 1.29 is 14.5 Å². The van der Waals surface area contributed by atoms with Gasteiger partial charge in [0.05, 0.1) is 14.2 Å². The molecule has 2 N–H and O–H groups in total. The Labute approximate surface area is 94.7 Å². The highest BCUT2D eigenvalue weighted by atomic mass is 16.9. The third-order valence-corrected chi connectivity index (χ3v) is 2.21.